The molecule has 0 N–H and O–H groups in total. The van der Waals surface area contributed by atoms with Crippen LogP contribution in [0.4, 0.5) is 34.1 Å². The molecule has 0 fully saturated rings. The van der Waals surface area contributed by atoms with Crippen LogP contribution in [-0.2, 0) is 17.3 Å². The van der Waals surface area contributed by atoms with Crippen molar-refractivity contribution in [3.63, 3.8) is 0 Å². The van der Waals surface area contributed by atoms with E-state index in [0.29, 0.717) is 5.92 Å². The van der Waals surface area contributed by atoms with E-state index in [2.05, 4.69) is 489 Å². The number of nitrogens with zero attached hydrogens (tertiary/aromatic N) is 3. The first-order valence-electron chi connectivity index (χ1n) is 45.3. The van der Waals surface area contributed by atoms with Crippen LogP contribution in [0.5, 0.6) is 0 Å². The average Bonchev–Trinajstić information content (AvgIpc) is 1.50. The maximum Gasteiger partial charge on any atom is 0.0726 e. The van der Waals surface area contributed by atoms with Crippen LogP contribution in [0, 0.1) is 0 Å². The average molecular weight is 1640 g/mol. The summed E-state index contributed by atoms with van der Waals surface area (Å²) in [6.07, 6.45) is 0.968. The maximum atomic E-state index is 2.57. The zero-order chi connectivity index (χ0) is 85.2. The lowest BCUT2D eigenvalue weighted by Gasteiger charge is -2.33. The highest BCUT2D eigenvalue weighted by Crippen LogP contribution is 2.66. The van der Waals surface area contributed by atoms with Gasteiger partial charge < -0.3 is 14.4 Å². The highest BCUT2D eigenvalue weighted by atomic mass is 15.2. The molecule has 5 aliphatic rings. The molecule has 129 heavy (non-hydrogen) atoms. The second-order valence-corrected chi connectivity index (χ2v) is 35.9. The zero-order valence-electron chi connectivity index (χ0n) is 71.5. The Bertz CT molecular complexity index is 8090. The van der Waals surface area contributed by atoms with Crippen LogP contribution in [-0.4, -0.2) is 4.57 Å². The van der Waals surface area contributed by atoms with Gasteiger partial charge in [0.25, 0.3) is 0 Å². The summed E-state index contributed by atoms with van der Waals surface area (Å²) in [4.78, 5) is 5.09. The third-order valence-corrected chi connectivity index (χ3v) is 29.0. The molecule has 0 amide bonds. The van der Waals surface area contributed by atoms with Gasteiger partial charge in [-0.15, -0.1) is 0 Å². The number of benzene rings is 20. The minimum atomic E-state index is -0.628. The molecule has 1 heterocycles. The van der Waals surface area contributed by atoms with Crippen LogP contribution in [0.15, 0.2) is 461 Å². The van der Waals surface area contributed by atoms with Crippen LogP contribution >= 0.6 is 0 Å². The van der Waals surface area contributed by atoms with Crippen LogP contribution in [0.25, 0.3) is 161 Å². The number of hydrogen-bond donors (Lipinski definition) is 0. The summed E-state index contributed by atoms with van der Waals surface area (Å²) >= 11 is 0. The molecule has 3 heteroatoms. The third kappa shape index (κ3) is 11.3. The van der Waals surface area contributed by atoms with E-state index in [0.717, 1.165) is 62.9 Å². The number of fused-ring (bicyclic) bond motifs is 27. The van der Waals surface area contributed by atoms with Gasteiger partial charge in [-0.1, -0.05) is 378 Å². The quantitative estimate of drug-likeness (QED) is 0.121. The molecule has 20 aromatic carbocycles. The van der Waals surface area contributed by atoms with Crippen molar-refractivity contribution in [1.29, 1.82) is 0 Å². The van der Waals surface area contributed by atoms with Gasteiger partial charge in [0.05, 0.1) is 33.5 Å². The van der Waals surface area contributed by atoms with Gasteiger partial charge in [-0.2, -0.15) is 0 Å². The molecule has 26 rings (SSSR count). The molecule has 0 bridgehead atoms. The Labute approximate surface area is 752 Å². The molecule has 3 nitrogen and oxygen atoms in total. The Morgan fingerprint density at radius 2 is 0.620 bits per heavy atom. The van der Waals surface area contributed by atoms with Gasteiger partial charge in [0.15, 0.2) is 0 Å². The topological polar surface area (TPSA) is 11.4 Å². The van der Waals surface area contributed by atoms with E-state index >= 15 is 0 Å². The molecule has 2 atom stereocenters. The Kier molecular flexibility index (Phi) is 16.8. The minimum Gasteiger partial charge on any atom is -0.310 e. The monoisotopic (exact) mass is 1640 g/mol. The molecule has 0 radical (unpaired) electrons. The summed E-state index contributed by atoms with van der Waals surface area (Å²) in [5.74, 6) is 0.309. The van der Waals surface area contributed by atoms with Crippen LogP contribution in [0.2, 0.25) is 0 Å². The fraction of sp³-hybridized carbons (Fsp3) is 0.0476. The van der Waals surface area contributed by atoms with Crippen LogP contribution < -0.4 is 9.80 Å². The van der Waals surface area contributed by atoms with Crippen molar-refractivity contribution in [2.75, 3.05) is 9.80 Å². The van der Waals surface area contributed by atoms with Crippen molar-refractivity contribution < 1.29 is 0 Å². The second-order valence-electron chi connectivity index (χ2n) is 35.9. The summed E-state index contributed by atoms with van der Waals surface area (Å²) in [5.41, 5.74) is 50.4. The number of para-hydroxylation sites is 2. The molecule has 1 spiro atoms. The lowest BCUT2D eigenvalue weighted by molar-refractivity contribution is 0.660. The lowest BCUT2D eigenvalue weighted by Crippen LogP contribution is -2.26. The lowest BCUT2D eigenvalue weighted by atomic mass is 9.70. The molecule has 0 aliphatic heterocycles. The predicted octanol–water partition coefficient (Wildman–Crippen LogP) is 33.4. The Hall–Kier alpha value is -16.2. The molecule has 0 saturated heterocycles. The molecule has 0 saturated carbocycles. The summed E-state index contributed by atoms with van der Waals surface area (Å²) in [6.45, 7) is 4.78. The van der Waals surface area contributed by atoms with E-state index in [1.165, 1.54) is 189 Å². The Balaban J connectivity index is 0.584. The first kappa shape index (κ1) is 74.2. The van der Waals surface area contributed by atoms with Crippen LogP contribution in [0.3, 0.4) is 0 Å². The summed E-state index contributed by atoms with van der Waals surface area (Å²) < 4.78 is 2.40. The van der Waals surface area contributed by atoms with Gasteiger partial charge >= 0.3 is 0 Å². The van der Waals surface area contributed by atoms with E-state index in [9.17, 15) is 0 Å². The first-order valence-corrected chi connectivity index (χ1v) is 45.3. The number of hydrogen-bond acceptors (Lipinski definition) is 2. The normalized spacial score (nSPS) is 14.6. The van der Waals surface area contributed by atoms with Gasteiger partial charge in [-0.25, -0.2) is 0 Å². The fourth-order valence-electron chi connectivity index (χ4n) is 23.2. The molecule has 2 unspecified atom stereocenters. The molecule has 604 valence electrons. The van der Waals surface area contributed by atoms with E-state index in [1.807, 2.05) is 0 Å². The minimum absolute atomic E-state index is 0.222. The van der Waals surface area contributed by atoms with E-state index in [4.69, 9.17) is 0 Å². The SMILES string of the molecule is CC1(C)c2ccccc2-c2c(N(c3ccc(-c4ccc(-n5c6ccccc6c6ccccc65)cc4)cc3)c3cccc4c3-c3ccccc3-c3ccc(-c5ccc6c(c5)-c5ccccc5C65c6ccccc6-c6c(N(c7ccc(-c8ccccc8)cc7)c7ccc(-c8ccc9c(c8)-c8ccccc8C(c8ccccc8)C9)cc7)cccc65)cc3-c3ccccc3-4)cccc21. The molecular weight excluding hydrogens is 1560 g/mol. The zero-order valence-corrected chi connectivity index (χ0v) is 71.5. The first-order chi connectivity index (χ1) is 63.8. The van der Waals surface area contributed by atoms with Gasteiger partial charge in [-0.05, 0) is 270 Å². The molecule has 1 aromatic heterocycles. The Morgan fingerprint density at radius 3 is 1.27 bits per heavy atom. The summed E-state index contributed by atoms with van der Waals surface area (Å²) in [6, 6.07) is 174. The summed E-state index contributed by atoms with van der Waals surface area (Å²) in [7, 11) is 0. The van der Waals surface area contributed by atoms with Crippen molar-refractivity contribution in [1.82, 2.24) is 4.57 Å². The fourth-order valence-corrected chi connectivity index (χ4v) is 23.2. The van der Waals surface area contributed by atoms with E-state index in [-0.39, 0.29) is 5.41 Å². The number of rotatable bonds is 12. The highest BCUT2D eigenvalue weighted by Gasteiger charge is 2.53. The van der Waals surface area contributed by atoms with Gasteiger partial charge in [0.2, 0.25) is 0 Å². The second kappa shape index (κ2) is 29.2. The van der Waals surface area contributed by atoms with Gasteiger partial charge in [0, 0.05) is 61.5 Å². The number of aromatic nitrogens is 1. The highest BCUT2D eigenvalue weighted by molar-refractivity contribution is 6.12. The number of anilines is 6. The molecule has 21 aromatic rings. The molecular formula is C126H85N3. The van der Waals surface area contributed by atoms with Crippen molar-refractivity contribution >= 4 is 55.9 Å². The van der Waals surface area contributed by atoms with Crippen molar-refractivity contribution in [3.8, 4) is 139 Å². The standard InChI is InChI=1S/C126H85N3/c1-125(2)111-44-20-16-41-105(111)123-115(125)47-26-53-121(123)129(93-72-60-83(61-73-93)82-58-70-92(71-59-82)128-117-49-23-18-38-101(117)102-39-19-24-50-118(102)128)119-51-25-43-104-94-32-9-12-36-98(94)109-77-87(64-74-99(109)95-33-13-14-40-103(95)122(104)119)88-65-75-114-110(78-88)100-37-15-21-45-112(100)126(114)113-46-22-17-42-106(113)124-116(126)48-27-52-120(124)127(90-66-56-81(57-67-90)80-28-5-3-6-29-80)91-68-62-84(63-69-91)86-54-55-89-79-107(85-30-7-4-8-31-85)96-34-10-11-35-97(96)108(89)76-86/h3-78,107H,79H2,1-2H3. The summed E-state index contributed by atoms with van der Waals surface area (Å²) in [5, 5.41) is 2.52. The maximum absolute atomic E-state index is 2.57. The molecule has 5 aliphatic carbocycles. The third-order valence-electron chi connectivity index (χ3n) is 29.0. The van der Waals surface area contributed by atoms with E-state index < -0.39 is 5.41 Å². The van der Waals surface area contributed by atoms with E-state index in [1.54, 1.807) is 0 Å². The van der Waals surface area contributed by atoms with Crippen molar-refractivity contribution in [2.45, 2.75) is 37.0 Å². The van der Waals surface area contributed by atoms with Gasteiger partial charge in [0.1, 0.15) is 0 Å². The Morgan fingerprint density at radius 1 is 0.233 bits per heavy atom. The van der Waals surface area contributed by atoms with Gasteiger partial charge in [-0.3, -0.25) is 0 Å². The van der Waals surface area contributed by atoms with Crippen molar-refractivity contribution in [2.24, 2.45) is 0 Å². The van der Waals surface area contributed by atoms with Crippen LogP contribution in [0.1, 0.15) is 69.8 Å². The van der Waals surface area contributed by atoms with Crippen molar-refractivity contribution in [3.05, 3.63) is 511 Å². The smallest absolute Gasteiger partial charge is 0.0726 e. The largest absolute Gasteiger partial charge is 0.310 e. The predicted molar refractivity (Wildman–Crippen MR) is 538 cm³/mol.